The number of carbonyl (C=O) groups is 3. The molecule has 3 heterocycles. The zero-order valence-corrected chi connectivity index (χ0v) is 14.9. The summed E-state index contributed by atoms with van der Waals surface area (Å²) < 4.78 is 1.50. The van der Waals surface area contributed by atoms with Crippen LogP contribution in [-0.4, -0.2) is 86.5 Å². The van der Waals surface area contributed by atoms with Crippen molar-refractivity contribution in [1.82, 2.24) is 29.5 Å². The molecule has 0 saturated carbocycles. The summed E-state index contributed by atoms with van der Waals surface area (Å²) in [6.45, 7) is 1.19. The lowest BCUT2D eigenvalue weighted by molar-refractivity contribution is -0.141. The molecule has 25 heavy (non-hydrogen) atoms. The lowest BCUT2D eigenvalue weighted by Gasteiger charge is -2.44. The first kappa shape index (κ1) is 17.4. The number of hydrogen-bond donors (Lipinski definition) is 0. The summed E-state index contributed by atoms with van der Waals surface area (Å²) >= 11 is 0. The second-order valence-electron chi connectivity index (χ2n) is 7.03. The first-order valence-corrected chi connectivity index (χ1v) is 8.48. The summed E-state index contributed by atoms with van der Waals surface area (Å²) in [5.74, 6) is -0.0385. The number of hydrogen-bond acceptors (Lipinski definition) is 5. The summed E-state index contributed by atoms with van der Waals surface area (Å²) in [4.78, 5) is 45.8. The van der Waals surface area contributed by atoms with Crippen LogP contribution in [0.1, 0.15) is 36.3 Å². The largest absolute Gasteiger partial charge is 0.347 e. The van der Waals surface area contributed by atoms with E-state index in [0.717, 1.165) is 6.42 Å². The topological polar surface area (TPSA) is 91.6 Å². The summed E-state index contributed by atoms with van der Waals surface area (Å²) in [5.41, 5.74) is -0.308. The average Bonchev–Trinajstić information content (AvgIpc) is 3.14. The minimum atomic E-state index is -0.308. The highest BCUT2D eigenvalue weighted by Gasteiger charge is 2.48. The summed E-state index contributed by atoms with van der Waals surface area (Å²) in [6, 6.07) is 0. The molecular formula is C16H24N6O3. The smallest absolute Gasteiger partial charge is 0.293 e. The van der Waals surface area contributed by atoms with Gasteiger partial charge < -0.3 is 14.7 Å². The predicted molar refractivity (Wildman–Crippen MR) is 88.5 cm³/mol. The summed E-state index contributed by atoms with van der Waals surface area (Å²) in [5, 5.41) is 4.06. The van der Waals surface area contributed by atoms with Crippen molar-refractivity contribution in [3.63, 3.8) is 0 Å². The molecule has 0 unspecified atom stereocenters. The van der Waals surface area contributed by atoms with E-state index >= 15 is 0 Å². The molecule has 2 saturated heterocycles. The molecule has 2 aliphatic heterocycles. The van der Waals surface area contributed by atoms with Crippen molar-refractivity contribution in [2.45, 2.75) is 31.2 Å². The van der Waals surface area contributed by atoms with Crippen LogP contribution in [0.15, 0.2) is 6.33 Å². The van der Waals surface area contributed by atoms with Crippen LogP contribution in [0.3, 0.4) is 0 Å². The van der Waals surface area contributed by atoms with Crippen LogP contribution >= 0.6 is 0 Å². The molecule has 3 rings (SSSR count). The van der Waals surface area contributed by atoms with Gasteiger partial charge in [-0.2, -0.15) is 0 Å². The van der Waals surface area contributed by atoms with Gasteiger partial charge >= 0.3 is 0 Å². The van der Waals surface area contributed by atoms with Crippen molar-refractivity contribution in [3.05, 3.63) is 12.2 Å². The van der Waals surface area contributed by atoms with Crippen LogP contribution in [0.2, 0.25) is 0 Å². The Hall–Kier alpha value is -2.45. The van der Waals surface area contributed by atoms with Crippen molar-refractivity contribution in [1.29, 1.82) is 0 Å². The molecule has 3 amide bonds. The lowest BCUT2D eigenvalue weighted by Crippen LogP contribution is -2.56. The third kappa shape index (κ3) is 3.22. The van der Waals surface area contributed by atoms with E-state index in [2.05, 4.69) is 10.1 Å². The van der Waals surface area contributed by atoms with Crippen LogP contribution in [-0.2, 0) is 16.6 Å². The number of aromatic nitrogens is 3. The molecule has 0 atom stereocenters. The van der Waals surface area contributed by atoms with E-state index in [4.69, 9.17) is 0 Å². The number of likely N-dealkylation sites (N-methyl/N-ethyl adjacent to an activating group) is 1. The average molecular weight is 348 g/mol. The van der Waals surface area contributed by atoms with E-state index < -0.39 is 0 Å². The Balaban J connectivity index is 1.68. The highest BCUT2D eigenvalue weighted by Crippen LogP contribution is 2.39. The third-order valence-corrected chi connectivity index (χ3v) is 5.24. The maximum absolute atomic E-state index is 12.5. The molecule has 0 aliphatic carbocycles. The molecule has 0 aromatic carbocycles. The van der Waals surface area contributed by atoms with Crippen LogP contribution in [0.5, 0.6) is 0 Å². The van der Waals surface area contributed by atoms with Gasteiger partial charge in [-0.05, 0) is 19.3 Å². The second-order valence-corrected chi connectivity index (χ2v) is 7.03. The fourth-order valence-corrected chi connectivity index (χ4v) is 3.63. The van der Waals surface area contributed by atoms with E-state index in [1.807, 2.05) is 0 Å². The maximum atomic E-state index is 12.5. The van der Waals surface area contributed by atoms with E-state index in [9.17, 15) is 14.4 Å². The summed E-state index contributed by atoms with van der Waals surface area (Å²) in [7, 11) is 5.10. The normalized spacial score (nSPS) is 19.6. The lowest BCUT2D eigenvalue weighted by atomic mass is 9.85. The molecule has 1 aromatic heterocycles. The highest BCUT2D eigenvalue weighted by molar-refractivity contribution is 5.90. The van der Waals surface area contributed by atoms with Crippen molar-refractivity contribution in [2.24, 2.45) is 7.05 Å². The fraction of sp³-hybridized carbons (Fsp3) is 0.688. The van der Waals surface area contributed by atoms with Gasteiger partial charge in [0, 0.05) is 46.2 Å². The minimum absolute atomic E-state index is 0.0290. The van der Waals surface area contributed by atoms with Crippen molar-refractivity contribution in [3.8, 4) is 0 Å². The molecule has 1 aromatic rings. The Kier molecular flexibility index (Phi) is 4.49. The van der Waals surface area contributed by atoms with E-state index in [0.29, 0.717) is 32.4 Å². The monoisotopic (exact) mass is 348 g/mol. The first-order chi connectivity index (χ1) is 11.8. The van der Waals surface area contributed by atoms with Gasteiger partial charge in [-0.1, -0.05) is 0 Å². The number of likely N-dealkylation sites (tertiary alicyclic amines) is 2. The number of nitrogens with zero attached hydrogens (tertiary/aromatic N) is 6. The van der Waals surface area contributed by atoms with Gasteiger partial charge in [0.05, 0.1) is 0 Å². The van der Waals surface area contributed by atoms with Gasteiger partial charge in [-0.3, -0.25) is 19.1 Å². The van der Waals surface area contributed by atoms with Crippen molar-refractivity contribution < 1.29 is 14.4 Å². The first-order valence-electron chi connectivity index (χ1n) is 8.48. The molecule has 9 heteroatoms. The Bertz CT molecular complexity index is 690. The van der Waals surface area contributed by atoms with Crippen LogP contribution in [0.4, 0.5) is 0 Å². The summed E-state index contributed by atoms with van der Waals surface area (Å²) in [6.07, 6.45) is 4.08. The molecule has 1 spiro atoms. The third-order valence-electron chi connectivity index (χ3n) is 5.24. The Morgan fingerprint density at radius 2 is 1.92 bits per heavy atom. The molecule has 136 valence electrons. The van der Waals surface area contributed by atoms with Gasteiger partial charge in [-0.15, -0.1) is 5.10 Å². The fourth-order valence-electron chi connectivity index (χ4n) is 3.63. The zero-order chi connectivity index (χ0) is 18.2. The molecule has 2 fully saturated rings. The van der Waals surface area contributed by atoms with Crippen LogP contribution < -0.4 is 0 Å². The number of aryl methyl sites for hydroxylation is 1. The van der Waals surface area contributed by atoms with Gasteiger partial charge in [0.2, 0.25) is 17.6 Å². The number of amides is 3. The van der Waals surface area contributed by atoms with Gasteiger partial charge in [-0.25, -0.2) is 4.98 Å². The highest BCUT2D eigenvalue weighted by atomic mass is 16.2. The van der Waals surface area contributed by atoms with Gasteiger partial charge in [0.1, 0.15) is 12.9 Å². The Morgan fingerprint density at radius 1 is 1.24 bits per heavy atom. The molecule has 0 bridgehead atoms. The number of carbonyl (C=O) groups excluding carboxylic acids is 3. The van der Waals surface area contributed by atoms with Crippen LogP contribution in [0, 0.1) is 0 Å². The molecule has 0 N–H and O–H groups in total. The quantitative estimate of drug-likeness (QED) is 0.734. The molecule has 9 nitrogen and oxygen atoms in total. The maximum Gasteiger partial charge on any atom is 0.293 e. The van der Waals surface area contributed by atoms with E-state index in [1.165, 1.54) is 15.9 Å². The standard InChI is InChI=1S/C16H24N6O3/c1-19(2)13(24)10-22-12(23)4-5-16(22)6-8-21(9-7-16)15(25)14-17-11-20(3)18-14/h11H,4-10H2,1-3H3. The number of piperidine rings is 1. The SMILES string of the molecule is CN(C)C(=O)CN1C(=O)CCC12CCN(C(=O)c1ncn(C)n1)CC2. The predicted octanol–water partition coefficient (Wildman–Crippen LogP) is -0.499. The van der Waals surface area contributed by atoms with Gasteiger partial charge in [0.25, 0.3) is 5.91 Å². The van der Waals surface area contributed by atoms with Crippen molar-refractivity contribution >= 4 is 17.7 Å². The Labute approximate surface area is 146 Å². The van der Waals surface area contributed by atoms with Gasteiger partial charge in [0.15, 0.2) is 0 Å². The Morgan fingerprint density at radius 3 is 2.48 bits per heavy atom. The molecule has 0 radical (unpaired) electrons. The second kappa shape index (κ2) is 6.45. The van der Waals surface area contributed by atoms with Crippen LogP contribution in [0.25, 0.3) is 0 Å². The zero-order valence-electron chi connectivity index (χ0n) is 14.9. The van der Waals surface area contributed by atoms with E-state index in [-0.39, 0.29) is 35.6 Å². The van der Waals surface area contributed by atoms with Crippen molar-refractivity contribution in [2.75, 3.05) is 33.7 Å². The molecule has 2 aliphatic rings. The van der Waals surface area contributed by atoms with E-state index in [1.54, 1.807) is 30.9 Å². The minimum Gasteiger partial charge on any atom is -0.347 e. The number of rotatable bonds is 3. The molecular weight excluding hydrogens is 324 g/mol.